The maximum absolute atomic E-state index is 11.7. The molecule has 0 aliphatic heterocycles. The van der Waals surface area contributed by atoms with Gasteiger partial charge in [-0.3, -0.25) is 9.89 Å². The molecule has 2 rings (SSSR count). The zero-order chi connectivity index (χ0) is 10.8. The van der Waals surface area contributed by atoms with Gasteiger partial charge in [-0.2, -0.15) is 4.68 Å². The molecule has 6 nitrogen and oxygen atoms in total. The molecule has 0 unspecified atom stereocenters. The molecule has 2 aromatic heterocycles. The fourth-order valence-electron chi connectivity index (χ4n) is 1.21. The van der Waals surface area contributed by atoms with Crippen LogP contribution in [0.1, 0.15) is 5.69 Å². The molecule has 0 fully saturated rings. The molecule has 7 heteroatoms. The minimum absolute atomic E-state index is 0.173. The molecule has 3 N–H and O–H groups in total. The van der Waals surface area contributed by atoms with Gasteiger partial charge in [0.1, 0.15) is 5.69 Å². The first-order valence-electron chi connectivity index (χ1n) is 4.22. The molecule has 0 aliphatic rings. The van der Waals surface area contributed by atoms with Gasteiger partial charge in [0.25, 0.3) is 5.56 Å². The van der Waals surface area contributed by atoms with Crippen LogP contribution in [0, 0.1) is 0 Å². The second-order valence-corrected chi connectivity index (χ2v) is 3.77. The summed E-state index contributed by atoms with van der Waals surface area (Å²) in [5, 5.41) is 5.21. The number of nitrogen functional groups attached to an aromatic ring is 1. The van der Waals surface area contributed by atoms with E-state index in [9.17, 15) is 4.79 Å². The smallest absolute Gasteiger partial charge is 0.296 e. The Bertz CT molecular complexity index is 499. The lowest BCUT2D eigenvalue weighted by molar-refractivity contribution is 0.181. The number of thiazole rings is 1. The topological polar surface area (TPSA) is 85.9 Å². The summed E-state index contributed by atoms with van der Waals surface area (Å²) in [6.45, 7) is 0.277. The molecule has 0 amide bonds. The van der Waals surface area contributed by atoms with Crippen molar-refractivity contribution in [1.29, 1.82) is 0 Å². The van der Waals surface area contributed by atoms with E-state index < -0.39 is 0 Å². The van der Waals surface area contributed by atoms with Crippen molar-refractivity contribution in [3.63, 3.8) is 0 Å². The van der Waals surface area contributed by atoms with Crippen molar-refractivity contribution in [1.82, 2.24) is 14.8 Å². The summed E-state index contributed by atoms with van der Waals surface area (Å²) in [5.74, 6) is 0. The second kappa shape index (κ2) is 3.87. The molecular weight excluding hydrogens is 216 g/mol. The van der Waals surface area contributed by atoms with Crippen molar-refractivity contribution < 1.29 is 4.74 Å². The Morgan fingerprint density at radius 1 is 1.73 bits per heavy atom. The Kier molecular flexibility index (Phi) is 2.57. The average Bonchev–Trinajstić information content (AvgIpc) is 2.82. The third-order valence-corrected chi connectivity index (χ3v) is 2.66. The minimum atomic E-state index is -0.294. The fraction of sp³-hybridized carbons (Fsp3) is 0.250. The van der Waals surface area contributed by atoms with Crippen LogP contribution in [0.5, 0.6) is 0 Å². The maximum atomic E-state index is 11.7. The predicted octanol–water partition coefficient (Wildman–Crippen LogP) is 0.351. The summed E-state index contributed by atoms with van der Waals surface area (Å²) in [4.78, 5) is 15.7. The third kappa shape index (κ3) is 1.66. The molecule has 0 saturated carbocycles. The van der Waals surface area contributed by atoms with Crippen LogP contribution in [0.3, 0.4) is 0 Å². The van der Waals surface area contributed by atoms with Crippen molar-refractivity contribution >= 4 is 17.0 Å². The van der Waals surface area contributed by atoms with Crippen LogP contribution in [-0.4, -0.2) is 21.9 Å². The number of nitrogens with one attached hydrogen (secondary N) is 1. The van der Waals surface area contributed by atoms with Gasteiger partial charge in [-0.25, -0.2) is 4.98 Å². The van der Waals surface area contributed by atoms with Crippen molar-refractivity contribution in [2.24, 2.45) is 0 Å². The second-order valence-electron chi connectivity index (χ2n) is 2.89. The highest BCUT2D eigenvalue weighted by atomic mass is 32.1. The quantitative estimate of drug-likeness (QED) is 0.790. The van der Waals surface area contributed by atoms with E-state index in [1.807, 2.05) is 0 Å². The van der Waals surface area contributed by atoms with Crippen LogP contribution >= 0.6 is 11.3 Å². The van der Waals surface area contributed by atoms with Gasteiger partial charge in [0.15, 0.2) is 0 Å². The normalized spacial score (nSPS) is 10.7. The lowest BCUT2D eigenvalue weighted by Gasteiger charge is -1.95. The molecule has 2 aromatic rings. The number of anilines is 1. The molecule has 0 aliphatic carbocycles. The number of ether oxygens (including phenoxy) is 1. The Morgan fingerprint density at radius 3 is 3.13 bits per heavy atom. The van der Waals surface area contributed by atoms with Gasteiger partial charge in [0.2, 0.25) is 5.13 Å². The van der Waals surface area contributed by atoms with Crippen LogP contribution in [0.4, 0.5) is 5.69 Å². The Balaban J connectivity index is 2.50. The zero-order valence-corrected chi connectivity index (χ0v) is 8.87. The monoisotopic (exact) mass is 226 g/mol. The number of methoxy groups -OCH3 is 1. The SMILES string of the molecule is COCc1[nH]n(-c2nccs2)c(=O)c1N. The molecule has 0 aromatic carbocycles. The number of H-pyrrole nitrogens is 1. The van der Waals surface area contributed by atoms with E-state index >= 15 is 0 Å². The highest BCUT2D eigenvalue weighted by Crippen LogP contribution is 2.11. The van der Waals surface area contributed by atoms with Gasteiger partial charge in [0.05, 0.1) is 12.3 Å². The highest BCUT2D eigenvalue weighted by Gasteiger charge is 2.12. The molecule has 0 atom stereocenters. The van der Waals surface area contributed by atoms with Crippen LogP contribution in [0.2, 0.25) is 0 Å². The van der Waals surface area contributed by atoms with E-state index in [1.165, 1.54) is 16.0 Å². The fourth-order valence-corrected chi connectivity index (χ4v) is 1.81. The Hall–Kier alpha value is -1.60. The minimum Gasteiger partial charge on any atom is -0.393 e. The number of aromatic nitrogens is 3. The first-order chi connectivity index (χ1) is 7.24. The predicted molar refractivity (Wildman–Crippen MR) is 57.2 cm³/mol. The summed E-state index contributed by atoms with van der Waals surface area (Å²) in [5.41, 5.74) is 6.07. The number of aromatic amines is 1. The largest absolute Gasteiger partial charge is 0.393 e. The number of hydrogen-bond acceptors (Lipinski definition) is 5. The van der Waals surface area contributed by atoms with Crippen LogP contribution in [0.25, 0.3) is 5.13 Å². The molecule has 0 saturated heterocycles. The van der Waals surface area contributed by atoms with E-state index in [2.05, 4.69) is 10.1 Å². The lowest BCUT2D eigenvalue weighted by Crippen LogP contribution is -2.16. The number of hydrogen-bond donors (Lipinski definition) is 2. The van der Waals surface area contributed by atoms with E-state index in [0.29, 0.717) is 10.8 Å². The first-order valence-corrected chi connectivity index (χ1v) is 5.10. The summed E-state index contributed by atoms with van der Waals surface area (Å²) < 4.78 is 6.23. The zero-order valence-electron chi connectivity index (χ0n) is 8.06. The number of rotatable bonds is 3. The summed E-state index contributed by atoms with van der Waals surface area (Å²) >= 11 is 1.35. The number of nitrogens with two attached hydrogens (primary N) is 1. The van der Waals surface area contributed by atoms with Crippen molar-refractivity contribution in [3.8, 4) is 5.13 Å². The average molecular weight is 226 g/mol. The van der Waals surface area contributed by atoms with Gasteiger partial charge in [-0.15, -0.1) is 11.3 Å². The Labute approximate surface area is 89.3 Å². The highest BCUT2D eigenvalue weighted by molar-refractivity contribution is 7.12. The van der Waals surface area contributed by atoms with Gasteiger partial charge >= 0.3 is 0 Å². The number of nitrogens with zero attached hydrogens (tertiary/aromatic N) is 2. The summed E-state index contributed by atoms with van der Waals surface area (Å²) in [7, 11) is 1.54. The van der Waals surface area contributed by atoms with Gasteiger partial charge in [-0.05, 0) is 0 Å². The lowest BCUT2D eigenvalue weighted by atomic mass is 10.4. The Morgan fingerprint density at radius 2 is 2.53 bits per heavy atom. The van der Waals surface area contributed by atoms with Gasteiger partial charge < -0.3 is 10.5 Å². The van der Waals surface area contributed by atoms with E-state index in [0.717, 1.165) is 0 Å². The van der Waals surface area contributed by atoms with E-state index in [4.69, 9.17) is 10.5 Å². The van der Waals surface area contributed by atoms with Crippen LogP contribution < -0.4 is 11.3 Å². The summed E-state index contributed by atoms with van der Waals surface area (Å²) in [6.07, 6.45) is 1.62. The molecule has 80 valence electrons. The summed E-state index contributed by atoms with van der Waals surface area (Å²) in [6, 6.07) is 0. The van der Waals surface area contributed by atoms with Crippen molar-refractivity contribution in [3.05, 3.63) is 27.6 Å². The molecule has 15 heavy (non-hydrogen) atoms. The van der Waals surface area contributed by atoms with Crippen LogP contribution in [-0.2, 0) is 11.3 Å². The van der Waals surface area contributed by atoms with E-state index in [-0.39, 0.29) is 17.9 Å². The molecule has 2 heterocycles. The molecular formula is C8H10N4O2S. The van der Waals surface area contributed by atoms with E-state index in [1.54, 1.807) is 18.7 Å². The standard InChI is InChI=1S/C8H10N4O2S/c1-14-4-5-6(9)7(13)12(11-5)8-10-2-3-15-8/h2-3,11H,4,9H2,1H3. The van der Waals surface area contributed by atoms with Gasteiger partial charge in [-0.1, -0.05) is 0 Å². The molecule has 0 bridgehead atoms. The molecule has 0 spiro atoms. The molecule has 0 radical (unpaired) electrons. The maximum Gasteiger partial charge on any atom is 0.296 e. The van der Waals surface area contributed by atoms with Gasteiger partial charge in [0, 0.05) is 18.7 Å². The van der Waals surface area contributed by atoms with Crippen molar-refractivity contribution in [2.45, 2.75) is 6.61 Å². The van der Waals surface area contributed by atoms with Crippen molar-refractivity contribution in [2.75, 3.05) is 12.8 Å². The van der Waals surface area contributed by atoms with Crippen LogP contribution in [0.15, 0.2) is 16.4 Å². The third-order valence-electron chi connectivity index (χ3n) is 1.90. The first kappa shape index (κ1) is 9.94.